The van der Waals surface area contributed by atoms with Crippen molar-refractivity contribution >= 4 is 35.0 Å². The van der Waals surface area contributed by atoms with Crippen LogP contribution < -0.4 is 9.61 Å². The van der Waals surface area contributed by atoms with Gasteiger partial charge in [0.05, 0.1) is 7.11 Å². The number of aromatic nitrogens is 1. The molecule has 0 radical (unpaired) electrons. The number of carbonyl (C=O) groups excluding carboxylic acids is 1. The van der Waals surface area contributed by atoms with Gasteiger partial charge in [0.15, 0.2) is 0 Å². The molecule has 0 spiro atoms. The second kappa shape index (κ2) is 7.96. The molecule has 0 fully saturated rings. The van der Waals surface area contributed by atoms with Crippen molar-refractivity contribution in [3.8, 4) is 5.75 Å². The number of hydrogen-bond acceptors (Lipinski definition) is 4. The van der Waals surface area contributed by atoms with E-state index in [1.807, 2.05) is 24.3 Å². The first kappa shape index (κ1) is 18.5. The van der Waals surface area contributed by atoms with Crippen molar-refractivity contribution < 1.29 is 18.6 Å². The van der Waals surface area contributed by atoms with Crippen LogP contribution in [0.5, 0.6) is 5.75 Å². The summed E-state index contributed by atoms with van der Waals surface area (Å²) in [5.74, 6) is -0.234. The van der Waals surface area contributed by atoms with Gasteiger partial charge in [-0.05, 0) is 23.8 Å². The van der Waals surface area contributed by atoms with Gasteiger partial charge in [-0.3, -0.25) is 4.79 Å². The molecular weight excluding hydrogens is 375 g/mol. The number of methoxy groups -OCH3 is 1. The number of nitrogens with one attached hydrogen (secondary N) is 2. The standard InChI is InChI=1S/C18H18ClN2O4P/c1-24-18(22)17(11-13-12-20-16-10-6-5-9-15(13)16)21-26(19,23)25-14-7-3-2-4-8-14/h2-10,12,17,20H,11H2,1H3,(H,21,23)/t17-,26?/m0/s1. The van der Waals surface area contributed by atoms with Crippen molar-refractivity contribution in [1.82, 2.24) is 10.1 Å². The number of H-pyrrole nitrogens is 1. The summed E-state index contributed by atoms with van der Waals surface area (Å²) in [6.45, 7) is -3.81. The molecule has 3 rings (SSSR count). The second-order valence-corrected chi connectivity index (χ2v) is 8.39. The molecule has 2 atom stereocenters. The highest BCUT2D eigenvalue weighted by Gasteiger charge is 2.31. The molecule has 3 aromatic rings. The maximum absolute atomic E-state index is 12.6. The molecule has 2 N–H and O–H groups in total. The van der Waals surface area contributed by atoms with Crippen molar-refractivity contribution in [3.63, 3.8) is 0 Å². The monoisotopic (exact) mass is 392 g/mol. The third-order valence-corrected chi connectivity index (χ3v) is 5.43. The van der Waals surface area contributed by atoms with E-state index in [4.69, 9.17) is 20.5 Å². The fraction of sp³-hybridized carbons (Fsp3) is 0.167. The zero-order chi connectivity index (χ0) is 18.6. The van der Waals surface area contributed by atoms with Crippen molar-refractivity contribution in [2.45, 2.75) is 12.5 Å². The lowest BCUT2D eigenvalue weighted by molar-refractivity contribution is -0.142. The highest BCUT2D eigenvalue weighted by Crippen LogP contribution is 2.48. The average molecular weight is 393 g/mol. The Morgan fingerprint density at radius 1 is 1.19 bits per heavy atom. The number of rotatable bonds is 7. The maximum atomic E-state index is 12.6. The minimum atomic E-state index is -3.81. The summed E-state index contributed by atoms with van der Waals surface area (Å²) in [6.07, 6.45) is 2.05. The van der Waals surface area contributed by atoms with Gasteiger partial charge in [0.1, 0.15) is 11.8 Å². The number of fused-ring (bicyclic) bond motifs is 1. The number of benzene rings is 2. The summed E-state index contributed by atoms with van der Waals surface area (Å²) in [5.41, 5.74) is 1.82. The van der Waals surface area contributed by atoms with Gasteiger partial charge >= 0.3 is 12.8 Å². The number of para-hydroxylation sites is 2. The van der Waals surface area contributed by atoms with Crippen LogP contribution in [0.15, 0.2) is 60.8 Å². The smallest absolute Gasteiger partial charge is 0.409 e. The van der Waals surface area contributed by atoms with Crippen LogP contribution in [-0.4, -0.2) is 24.1 Å². The first-order valence-corrected chi connectivity index (χ1v) is 10.5. The summed E-state index contributed by atoms with van der Waals surface area (Å²) < 4.78 is 22.8. The maximum Gasteiger partial charge on any atom is 0.409 e. The van der Waals surface area contributed by atoms with Gasteiger partial charge in [0.2, 0.25) is 0 Å². The number of esters is 1. The number of carbonyl (C=O) groups is 1. The molecule has 0 saturated heterocycles. The molecule has 2 aromatic carbocycles. The Labute approximate surface area is 155 Å². The fourth-order valence-electron chi connectivity index (χ4n) is 2.67. The molecule has 8 heteroatoms. The predicted octanol–water partition coefficient (Wildman–Crippen LogP) is 4.27. The van der Waals surface area contributed by atoms with Crippen molar-refractivity contribution in [1.29, 1.82) is 0 Å². The second-order valence-electron chi connectivity index (χ2n) is 5.65. The van der Waals surface area contributed by atoms with Gasteiger partial charge in [-0.25, -0.2) is 9.65 Å². The molecular formula is C18H18ClN2O4P. The summed E-state index contributed by atoms with van der Waals surface area (Å²) >= 11 is 6.03. The van der Waals surface area contributed by atoms with E-state index in [1.54, 1.807) is 36.5 Å². The van der Waals surface area contributed by atoms with E-state index < -0.39 is 18.9 Å². The highest BCUT2D eigenvalue weighted by molar-refractivity contribution is 7.84. The molecule has 0 bridgehead atoms. The summed E-state index contributed by atoms with van der Waals surface area (Å²) in [6, 6.07) is 15.3. The lowest BCUT2D eigenvalue weighted by atomic mass is 10.1. The van der Waals surface area contributed by atoms with E-state index in [2.05, 4.69) is 10.1 Å². The van der Waals surface area contributed by atoms with E-state index in [0.717, 1.165) is 16.5 Å². The summed E-state index contributed by atoms with van der Waals surface area (Å²) in [7, 11) is 1.27. The average Bonchev–Trinajstić information content (AvgIpc) is 3.04. The van der Waals surface area contributed by atoms with Crippen LogP contribution in [0.4, 0.5) is 0 Å². The molecule has 0 aliphatic rings. The van der Waals surface area contributed by atoms with Crippen LogP contribution in [0.25, 0.3) is 10.9 Å². The number of halogens is 1. The van der Waals surface area contributed by atoms with Gasteiger partial charge in [0.25, 0.3) is 0 Å². The quantitative estimate of drug-likeness (QED) is 0.463. The van der Waals surface area contributed by atoms with E-state index in [-0.39, 0.29) is 6.42 Å². The van der Waals surface area contributed by atoms with Crippen LogP contribution in [0, 0.1) is 0 Å². The molecule has 1 heterocycles. The van der Waals surface area contributed by atoms with Crippen molar-refractivity contribution in [3.05, 3.63) is 66.4 Å². The third kappa shape index (κ3) is 4.47. The zero-order valence-corrected chi connectivity index (χ0v) is 15.7. The van der Waals surface area contributed by atoms with E-state index in [0.29, 0.717) is 5.75 Å². The predicted molar refractivity (Wildman–Crippen MR) is 101 cm³/mol. The molecule has 1 aromatic heterocycles. The molecule has 136 valence electrons. The fourth-order valence-corrected chi connectivity index (χ4v) is 4.28. The molecule has 0 saturated carbocycles. The van der Waals surface area contributed by atoms with Crippen LogP contribution >= 0.6 is 18.1 Å². The molecule has 6 nitrogen and oxygen atoms in total. The number of aromatic amines is 1. The normalized spacial score (nSPS) is 14.5. The summed E-state index contributed by atoms with van der Waals surface area (Å²) in [4.78, 5) is 15.3. The largest absolute Gasteiger partial charge is 0.468 e. The molecule has 26 heavy (non-hydrogen) atoms. The van der Waals surface area contributed by atoms with Gasteiger partial charge in [-0.1, -0.05) is 36.4 Å². The Morgan fingerprint density at radius 3 is 2.62 bits per heavy atom. The topological polar surface area (TPSA) is 80.4 Å². The van der Waals surface area contributed by atoms with Gasteiger partial charge in [0, 0.05) is 34.8 Å². The Balaban J connectivity index is 1.80. The van der Waals surface area contributed by atoms with Crippen LogP contribution in [-0.2, 0) is 20.5 Å². The van der Waals surface area contributed by atoms with E-state index in [9.17, 15) is 9.36 Å². The Morgan fingerprint density at radius 2 is 1.88 bits per heavy atom. The molecule has 0 aliphatic carbocycles. The summed E-state index contributed by atoms with van der Waals surface area (Å²) in [5, 5.41) is 3.57. The molecule has 0 aliphatic heterocycles. The minimum absolute atomic E-state index is 0.242. The third-order valence-electron chi connectivity index (χ3n) is 3.86. The van der Waals surface area contributed by atoms with E-state index in [1.165, 1.54) is 7.11 Å². The highest BCUT2D eigenvalue weighted by atomic mass is 35.7. The van der Waals surface area contributed by atoms with Gasteiger partial charge < -0.3 is 14.2 Å². The number of hydrogen-bond donors (Lipinski definition) is 2. The molecule has 0 amide bonds. The van der Waals surface area contributed by atoms with Crippen molar-refractivity contribution in [2.24, 2.45) is 0 Å². The van der Waals surface area contributed by atoms with Crippen LogP contribution in [0.2, 0.25) is 0 Å². The van der Waals surface area contributed by atoms with Crippen LogP contribution in [0.1, 0.15) is 5.56 Å². The zero-order valence-electron chi connectivity index (χ0n) is 14.0. The molecule has 1 unspecified atom stereocenters. The lowest BCUT2D eigenvalue weighted by Gasteiger charge is -2.20. The Hall–Kier alpha value is -2.27. The first-order chi connectivity index (χ1) is 12.5. The van der Waals surface area contributed by atoms with Crippen molar-refractivity contribution in [2.75, 3.05) is 7.11 Å². The Bertz CT molecular complexity index is 945. The number of ether oxygens (including phenoxy) is 1. The van der Waals surface area contributed by atoms with Gasteiger partial charge in [-0.15, -0.1) is 0 Å². The lowest BCUT2D eigenvalue weighted by Crippen LogP contribution is -2.37. The Kier molecular flexibility index (Phi) is 5.67. The first-order valence-electron chi connectivity index (χ1n) is 7.93. The van der Waals surface area contributed by atoms with Crippen LogP contribution in [0.3, 0.4) is 0 Å². The van der Waals surface area contributed by atoms with E-state index >= 15 is 0 Å². The SMILES string of the molecule is COC(=O)[C@H](Cc1c[nH]c2ccccc12)NP(=O)(Cl)Oc1ccccc1. The van der Waals surface area contributed by atoms with Gasteiger partial charge in [-0.2, -0.15) is 0 Å². The minimum Gasteiger partial charge on any atom is -0.468 e.